The van der Waals surface area contributed by atoms with Gasteiger partial charge < -0.3 is 5.11 Å². The van der Waals surface area contributed by atoms with Gasteiger partial charge in [0.2, 0.25) is 0 Å². The maximum Gasteiger partial charge on any atom is 0.270 e. The van der Waals surface area contributed by atoms with Crippen LogP contribution in [0, 0.1) is 10.1 Å². The maximum absolute atomic E-state index is 12.7. The first-order valence-electron chi connectivity index (χ1n) is 8.39. The zero-order chi connectivity index (χ0) is 20.5. The highest BCUT2D eigenvalue weighted by molar-refractivity contribution is 6.10. The van der Waals surface area contributed by atoms with Gasteiger partial charge in [0.1, 0.15) is 12.0 Å². The smallest absolute Gasteiger partial charge is 0.270 e. The Hall–Kier alpha value is -4.40. The molecule has 0 aliphatic heterocycles. The van der Waals surface area contributed by atoms with Crippen LogP contribution >= 0.6 is 0 Å². The van der Waals surface area contributed by atoms with Gasteiger partial charge in [0, 0.05) is 41.7 Å². The predicted molar refractivity (Wildman–Crippen MR) is 102 cm³/mol. The van der Waals surface area contributed by atoms with Crippen molar-refractivity contribution in [2.24, 2.45) is 0 Å². The third kappa shape index (κ3) is 3.32. The van der Waals surface area contributed by atoms with Crippen molar-refractivity contribution in [3.8, 4) is 17.0 Å². The Morgan fingerprint density at radius 2 is 1.90 bits per heavy atom. The number of benzene rings is 2. The molecule has 4 rings (SSSR count). The summed E-state index contributed by atoms with van der Waals surface area (Å²) in [5.74, 6) is -0.981. The van der Waals surface area contributed by atoms with E-state index in [1.807, 2.05) is 0 Å². The number of hydrogen-bond acceptors (Lipinski definition) is 7. The number of phenols is 1. The van der Waals surface area contributed by atoms with Crippen LogP contribution in [0.5, 0.6) is 5.75 Å². The van der Waals surface area contributed by atoms with E-state index in [2.05, 4.69) is 10.1 Å². The number of nitrogens with zero attached hydrogens (tertiary/aromatic N) is 4. The van der Waals surface area contributed by atoms with E-state index in [-0.39, 0.29) is 22.6 Å². The van der Waals surface area contributed by atoms with Crippen molar-refractivity contribution in [2.45, 2.75) is 0 Å². The number of phenolic OH excluding ortho intramolecular Hbond substituents is 1. The average Bonchev–Trinajstić information content (AvgIpc) is 3.17. The Kier molecular flexibility index (Phi) is 4.32. The second-order valence-corrected chi connectivity index (χ2v) is 6.20. The number of non-ortho nitro benzene ring substituents is 1. The van der Waals surface area contributed by atoms with E-state index in [0.29, 0.717) is 16.9 Å². The van der Waals surface area contributed by atoms with Gasteiger partial charge in [0.05, 0.1) is 21.7 Å². The van der Waals surface area contributed by atoms with Gasteiger partial charge in [0.25, 0.3) is 5.69 Å². The summed E-state index contributed by atoms with van der Waals surface area (Å²) in [6.07, 6.45) is 3.50. The van der Waals surface area contributed by atoms with E-state index in [0.717, 1.165) is 30.0 Å². The summed E-state index contributed by atoms with van der Waals surface area (Å²) >= 11 is 0. The Bertz CT molecular complexity index is 1280. The second-order valence-electron chi connectivity index (χ2n) is 6.20. The molecule has 0 radical (unpaired) electrons. The highest BCUT2D eigenvalue weighted by Gasteiger charge is 2.19. The number of aldehydes is 1. The lowest BCUT2D eigenvalue weighted by Gasteiger charge is -2.04. The van der Waals surface area contributed by atoms with E-state index in [1.165, 1.54) is 16.9 Å². The van der Waals surface area contributed by atoms with Crippen LogP contribution in [0.25, 0.3) is 16.9 Å². The number of aromatic nitrogens is 3. The van der Waals surface area contributed by atoms with Crippen molar-refractivity contribution in [1.82, 2.24) is 14.6 Å². The minimum Gasteiger partial charge on any atom is -0.507 e. The predicted octanol–water partition coefficient (Wildman–Crippen LogP) is 3.05. The lowest BCUT2D eigenvalue weighted by atomic mass is 10.0. The van der Waals surface area contributed by atoms with Gasteiger partial charge in [-0.2, -0.15) is 5.10 Å². The highest BCUT2D eigenvalue weighted by Crippen LogP contribution is 2.26. The minimum absolute atomic E-state index is 0.110. The van der Waals surface area contributed by atoms with Gasteiger partial charge in [0.15, 0.2) is 11.4 Å². The molecule has 2 aromatic carbocycles. The van der Waals surface area contributed by atoms with Crippen molar-refractivity contribution in [3.05, 3.63) is 87.7 Å². The summed E-state index contributed by atoms with van der Waals surface area (Å²) in [7, 11) is 0. The van der Waals surface area contributed by atoms with E-state index in [4.69, 9.17) is 0 Å². The minimum atomic E-state index is -0.646. The molecule has 0 saturated heterocycles. The van der Waals surface area contributed by atoms with Crippen molar-refractivity contribution in [3.63, 3.8) is 0 Å². The van der Waals surface area contributed by atoms with Crippen molar-refractivity contribution in [2.75, 3.05) is 0 Å². The lowest BCUT2D eigenvalue weighted by molar-refractivity contribution is -0.384. The Morgan fingerprint density at radius 1 is 1.14 bits per heavy atom. The molecular weight excluding hydrogens is 376 g/mol. The van der Waals surface area contributed by atoms with Crippen LogP contribution in [-0.2, 0) is 0 Å². The zero-order valence-corrected chi connectivity index (χ0v) is 14.7. The number of carbonyl (C=O) groups excluding carboxylic acids is 2. The Morgan fingerprint density at radius 3 is 2.59 bits per heavy atom. The molecule has 0 aliphatic carbocycles. The monoisotopic (exact) mass is 388 g/mol. The molecule has 9 heteroatoms. The van der Waals surface area contributed by atoms with E-state index >= 15 is 0 Å². The number of carbonyl (C=O) groups is 2. The SMILES string of the molecule is O=Cc1ccc(-c2cc3ncc(C(=O)c4cc([N+](=O)[O-])ccc4O)cn3n2)cc1. The number of aromatic hydroxyl groups is 1. The number of hydrogen-bond donors (Lipinski definition) is 1. The van der Waals surface area contributed by atoms with E-state index in [9.17, 15) is 24.8 Å². The molecule has 1 N–H and O–H groups in total. The number of nitro benzene ring substituents is 1. The number of fused-ring (bicyclic) bond motifs is 1. The molecule has 2 heterocycles. The summed E-state index contributed by atoms with van der Waals surface area (Å²) in [5.41, 5.74) is 2.00. The third-order valence-corrected chi connectivity index (χ3v) is 4.35. The van der Waals surface area contributed by atoms with Crippen LogP contribution in [-0.4, -0.2) is 36.7 Å². The fraction of sp³-hybridized carbons (Fsp3) is 0. The molecule has 0 amide bonds. The van der Waals surface area contributed by atoms with Gasteiger partial charge in [-0.1, -0.05) is 24.3 Å². The summed E-state index contributed by atoms with van der Waals surface area (Å²) in [4.78, 5) is 38.0. The first-order chi connectivity index (χ1) is 14.0. The summed E-state index contributed by atoms with van der Waals surface area (Å²) in [6, 6.07) is 11.8. The molecule has 29 heavy (non-hydrogen) atoms. The number of nitro groups is 1. The Labute approximate surface area is 163 Å². The van der Waals surface area contributed by atoms with E-state index in [1.54, 1.807) is 30.3 Å². The van der Waals surface area contributed by atoms with Gasteiger partial charge in [-0.15, -0.1) is 0 Å². The highest BCUT2D eigenvalue weighted by atomic mass is 16.6. The molecule has 0 atom stereocenters. The Balaban J connectivity index is 1.72. The molecule has 2 aromatic heterocycles. The molecular formula is C20H12N4O5. The first-order valence-corrected chi connectivity index (χ1v) is 8.39. The molecule has 0 saturated carbocycles. The maximum atomic E-state index is 12.7. The van der Waals surface area contributed by atoms with Crippen molar-refractivity contribution in [1.29, 1.82) is 0 Å². The lowest BCUT2D eigenvalue weighted by Crippen LogP contribution is -2.05. The van der Waals surface area contributed by atoms with Crippen LogP contribution in [0.3, 0.4) is 0 Å². The fourth-order valence-electron chi connectivity index (χ4n) is 2.84. The standard InChI is InChI=1S/C20H12N4O5/c25-11-12-1-3-13(4-2-12)17-8-19-21-9-14(10-23(19)22-17)20(27)16-7-15(24(28)29)5-6-18(16)26/h1-11,26H. The number of rotatable bonds is 5. The largest absolute Gasteiger partial charge is 0.507 e. The second kappa shape index (κ2) is 6.97. The molecule has 9 nitrogen and oxygen atoms in total. The normalized spacial score (nSPS) is 10.8. The zero-order valence-electron chi connectivity index (χ0n) is 14.7. The molecule has 4 aromatic rings. The van der Waals surface area contributed by atoms with Crippen molar-refractivity contribution < 1.29 is 19.6 Å². The molecule has 0 spiro atoms. The van der Waals surface area contributed by atoms with Crippen molar-refractivity contribution >= 4 is 23.4 Å². The van der Waals surface area contributed by atoms with Crippen LogP contribution in [0.15, 0.2) is 60.9 Å². The van der Waals surface area contributed by atoms with Gasteiger partial charge in [-0.3, -0.25) is 19.7 Å². The van der Waals surface area contributed by atoms with Crippen LogP contribution in [0.4, 0.5) is 5.69 Å². The fourth-order valence-corrected chi connectivity index (χ4v) is 2.84. The number of ketones is 1. The average molecular weight is 388 g/mol. The van der Waals surface area contributed by atoms with Crippen LogP contribution < -0.4 is 0 Å². The molecule has 0 bridgehead atoms. The summed E-state index contributed by atoms with van der Waals surface area (Å²) in [5, 5.41) is 25.3. The third-order valence-electron chi connectivity index (χ3n) is 4.35. The molecule has 142 valence electrons. The molecule has 0 aliphatic rings. The molecule has 0 fully saturated rings. The van der Waals surface area contributed by atoms with Crippen LogP contribution in [0.1, 0.15) is 26.3 Å². The van der Waals surface area contributed by atoms with Gasteiger partial charge in [-0.25, -0.2) is 9.50 Å². The van der Waals surface area contributed by atoms with Crippen LogP contribution in [0.2, 0.25) is 0 Å². The topological polar surface area (TPSA) is 128 Å². The summed E-state index contributed by atoms with van der Waals surface area (Å²) < 4.78 is 1.41. The van der Waals surface area contributed by atoms with Gasteiger partial charge >= 0.3 is 0 Å². The van der Waals surface area contributed by atoms with Gasteiger partial charge in [-0.05, 0) is 6.07 Å². The molecule has 0 unspecified atom stereocenters. The van der Waals surface area contributed by atoms with E-state index < -0.39 is 10.7 Å². The first kappa shape index (κ1) is 18.0. The summed E-state index contributed by atoms with van der Waals surface area (Å²) in [6.45, 7) is 0. The quantitative estimate of drug-likeness (QED) is 0.241.